The Balaban J connectivity index is 1.66. The summed E-state index contributed by atoms with van der Waals surface area (Å²) in [4.78, 5) is 0. The van der Waals surface area contributed by atoms with E-state index in [1.54, 1.807) is 0 Å². The molecule has 136 valence electrons. The number of nitrogens with one attached hydrogen (secondary N) is 1. The monoisotopic (exact) mass is 341 g/mol. The van der Waals surface area contributed by atoms with Gasteiger partial charge in [-0.2, -0.15) is 0 Å². The van der Waals surface area contributed by atoms with Gasteiger partial charge in [0.15, 0.2) is 0 Å². The highest BCUT2D eigenvalue weighted by Crippen LogP contribution is 2.28. The van der Waals surface area contributed by atoms with Crippen molar-refractivity contribution in [2.45, 2.75) is 58.1 Å². The second-order valence-corrected chi connectivity index (χ2v) is 6.94. The van der Waals surface area contributed by atoms with Gasteiger partial charge in [0.05, 0.1) is 12.7 Å². The van der Waals surface area contributed by atoms with Crippen LogP contribution in [-0.2, 0) is 11.3 Å². The van der Waals surface area contributed by atoms with Gasteiger partial charge in [0.25, 0.3) is 0 Å². The molecule has 1 aliphatic rings. The van der Waals surface area contributed by atoms with E-state index in [0.717, 1.165) is 38.5 Å². The van der Waals surface area contributed by atoms with Crippen molar-refractivity contribution < 1.29 is 9.47 Å². The normalized spacial score (nSPS) is 17.2. The molecule has 3 nitrogen and oxygen atoms in total. The number of benzene rings is 2. The summed E-state index contributed by atoms with van der Waals surface area (Å²) in [7, 11) is 0. The van der Waals surface area contributed by atoms with E-state index in [9.17, 15) is 0 Å². The minimum atomic E-state index is 0.369. The van der Waals surface area contributed by atoms with Crippen LogP contribution in [0.25, 0.3) is 10.8 Å². The molecule has 0 bridgehead atoms. The van der Waals surface area contributed by atoms with Gasteiger partial charge in [0.1, 0.15) is 5.75 Å². The van der Waals surface area contributed by atoms with Crippen LogP contribution >= 0.6 is 0 Å². The smallest absolute Gasteiger partial charge is 0.124 e. The van der Waals surface area contributed by atoms with Crippen LogP contribution < -0.4 is 10.1 Å². The fourth-order valence-electron chi connectivity index (χ4n) is 3.51. The first-order chi connectivity index (χ1) is 12.4. The lowest BCUT2D eigenvalue weighted by molar-refractivity contribution is 0.110. The summed E-state index contributed by atoms with van der Waals surface area (Å²) in [5.74, 6) is 1.02. The molecule has 1 heterocycles. The summed E-state index contributed by atoms with van der Waals surface area (Å²) in [5, 5.41) is 6.14. The minimum absolute atomic E-state index is 0.369. The first-order valence-corrected chi connectivity index (χ1v) is 9.84. The van der Waals surface area contributed by atoms with Gasteiger partial charge in [0, 0.05) is 25.3 Å². The minimum Gasteiger partial charge on any atom is -0.493 e. The van der Waals surface area contributed by atoms with Crippen LogP contribution in [0.2, 0.25) is 0 Å². The Morgan fingerprint density at radius 2 is 2.04 bits per heavy atom. The largest absolute Gasteiger partial charge is 0.493 e. The molecule has 1 atom stereocenters. The van der Waals surface area contributed by atoms with Crippen molar-refractivity contribution in [2.24, 2.45) is 0 Å². The molecule has 25 heavy (non-hydrogen) atoms. The standard InChI is InChI=1S/C22H31NO2/c1-2-3-4-7-14-25-22-13-12-18-9-5-6-11-20(18)21(22)17-23-16-19-10-8-15-24-19/h5-6,9,11-13,19,23H,2-4,7-8,10,14-17H2,1H3. The maximum atomic E-state index is 6.14. The van der Waals surface area contributed by atoms with Crippen molar-refractivity contribution in [1.29, 1.82) is 0 Å². The molecule has 0 saturated carbocycles. The average Bonchev–Trinajstić information content (AvgIpc) is 3.16. The van der Waals surface area contributed by atoms with Gasteiger partial charge < -0.3 is 14.8 Å². The summed E-state index contributed by atoms with van der Waals surface area (Å²) in [6.07, 6.45) is 7.65. The van der Waals surface area contributed by atoms with Crippen LogP contribution in [0.4, 0.5) is 0 Å². The third kappa shape index (κ3) is 5.20. The Labute approximate surface area is 151 Å². The van der Waals surface area contributed by atoms with Crippen molar-refractivity contribution in [3.63, 3.8) is 0 Å². The molecule has 1 fully saturated rings. The van der Waals surface area contributed by atoms with Crippen molar-refractivity contribution in [1.82, 2.24) is 5.32 Å². The molecular weight excluding hydrogens is 310 g/mol. The van der Waals surface area contributed by atoms with Crippen molar-refractivity contribution in [3.05, 3.63) is 42.0 Å². The Morgan fingerprint density at radius 1 is 1.12 bits per heavy atom. The predicted octanol–water partition coefficient (Wildman–Crippen LogP) is 5.07. The van der Waals surface area contributed by atoms with Crippen LogP contribution in [0.15, 0.2) is 36.4 Å². The third-order valence-electron chi connectivity index (χ3n) is 4.95. The molecule has 2 aromatic carbocycles. The van der Waals surface area contributed by atoms with E-state index in [2.05, 4.69) is 48.6 Å². The van der Waals surface area contributed by atoms with E-state index in [-0.39, 0.29) is 0 Å². The lowest BCUT2D eigenvalue weighted by Gasteiger charge is -2.16. The molecule has 0 aliphatic carbocycles. The van der Waals surface area contributed by atoms with E-state index in [1.807, 2.05) is 0 Å². The summed E-state index contributed by atoms with van der Waals surface area (Å²) in [6.45, 7) is 5.69. The first-order valence-electron chi connectivity index (χ1n) is 9.84. The molecule has 2 aromatic rings. The predicted molar refractivity (Wildman–Crippen MR) is 104 cm³/mol. The molecule has 3 heteroatoms. The fourth-order valence-corrected chi connectivity index (χ4v) is 3.51. The first kappa shape index (κ1) is 18.2. The second-order valence-electron chi connectivity index (χ2n) is 6.94. The zero-order chi connectivity index (χ0) is 17.3. The van der Waals surface area contributed by atoms with E-state index >= 15 is 0 Å². The van der Waals surface area contributed by atoms with Gasteiger partial charge in [-0.15, -0.1) is 0 Å². The number of unbranched alkanes of at least 4 members (excludes halogenated alkanes) is 3. The zero-order valence-corrected chi connectivity index (χ0v) is 15.4. The van der Waals surface area contributed by atoms with E-state index in [0.29, 0.717) is 6.10 Å². The van der Waals surface area contributed by atoms with Gasteiger partial charge >= 0.3 is 0 Å². The van der Waals surface area contributed by atoms with Gasteiger partial charge in [-0.05, 0) is 36.1 Å². The molecule has 1 saturated heterocycles. The summed E-state index contributed by atoms with van der Waals surface area (Å²) in [5.41, 5.74) is 1.27. The highest BCUT2D eigenvalue weighted by atomic mass is 16.5. The lowest BCUT2D eigenvalue weighted by Crippen LogP contribution is -2.26. The van der Waals surface area contributed by atoms with Crippen molar-refractivity contribution in [2.75, 3.05) is 19.8 Å². The van der Waals surface area contributed by atoms with Crippen LogP contribution in [0, 0.1) is 0 Å². The lowest BCUT2D eigenvalue weighted by atomic mass is 10.0. The maximum absolute atomic E-state index is 6.14. The molecule has 1 N–H and O–H groups in total. The van der Waals surface area contributed by atoms with E-state index in [1.165, 1.54) is 48.4 Å². The van der Waals surface area contributed by atoms with E-state index in [4.69, 9.17) is 9.47 Å². The Hall–Kier alpha value is -1.58. The Bertz CT molecular complexity index is 650. The second kappa shape index (κ2) is 9.79. The Morgan fingerprint density at radius 3 is 2.88 bits per heavy atom. The molecule has 1 unspecified atom stereocenters. The Kier molecular flexibility index (Phi) is 7.13. The summed E-state index contributed by atoms with van der Waals surface area (Å²) in [6, 6.07) is 12.9. The third-order valence-corrected chi connectivity index (χ3v) is 4.95. The maximum Gasteiger partial charge on any atom is 0.124 e. The molecule has 3 rings (SSSR count). The topological polar surface area (TPSA) is 30.5 Å². The molecule has 0 aromatic heterocycles. The number of rotatable bonds is 10. The van der Waals surface area contributed by atoms with Gasteiger partial charge in [-0.1, -0.05) is 56.5 Å². The molecule has 1 aliphatic heterocycles. The zero-order valence-electron chi connectivity index (χ0n) is 15.4. The number of fused-ring (bicyclic) bond motifs is 1. The molecule has 0 radical (unpaired) electrons. The highest BCUT2D eigenvalue weighted by Gasteiger charge is 2.15. The fraction of sp³-hybridized carbons (Fsp3) is 0.545. The van der Waals surface area contributed by atoms with E-state index < -0.39 is 0 Å². The number of ether oxygens (including phenoxy) is 2. The summed E-state index contributed by atoms with van der Waals surface area (Å²) < 4.78 is 11.9. The molecule has 0 amide bonds. The van der Waals surface area contributed by atoms with Gasteiger partial charge in [-0.25, -0.2) is 0 Å². The SMILES string of the molecule is CCCCCCOc1ccc2ccccc2c1CNCC1CCCO1. The van der Waals surface area contributed by atoms with Gasteiger partial charge in [0.2, 0.25) is 0 Å². The quantitative estimate of drug-likeness (QED) is 0.612. The summed E-state index contributed by atoms with van der Waals surface area (Å²) >= 11 is 0. The number of hydrogen-bond donors (Lipinski definition) is 1. The van der Waals surface area contributed by atoms with Crippen LogP contribution in [-0.4, -0.2) is 25.9 Å². The molecule has 0 spiro atoms. The van der Waals surface area contributed by atoms with Crippen LogP contribution in [0.5, 0.6) is 5.75 Å². The van der Waals surface area contributed by atoms with Crippen molar-refractivity contribution in [3.8, 4) is 5.75 Å². The van der Waals surface area contributed by atoms with Gasteiger partial charge in [-0.3, -0.25) is 0 Å². The average molecular weight is 341 g/mol. The number of hydrogen-bond acceptors (Lipinski definition) is 3. The van der Waals surface area contributed by atoms with Crippen LogP contribution in [0.3, 0.4) is 0 Å². The highest BCUT2D eigenvalue weighted by molar-refractivity contribution is 5.87. The molecular formula is C22H31NO2. The van der Waals surface area contributed by atoms with Crippen molar-refractivity contribution >= 4 is 10.8 Å². The van der Waals surface area contributed by atoms with Crippen LogP contribution in [0.1, 0.15) is 51.0 Å².